The van der Waals surface area contributed by atoms with Gasteiger partial charge in [-0.2, -0.15) is 4.98 Å². The second-order valence-corrected chi connectivity index (χ2v) is 6.87. The molecule has 8 nitrogen and oxygen atoms in total. The third-order valence-electron chi connectivity index (χ3n) is 3.87. The molecule has 0 atom stereocenters. The van der Waals surface area contributed by atoms with Crippen molar-refractivity contribution in [3.63, 3.8) is 0 Å². The van der Waals surface area contributed by atoms with Gasteiger partial charge in [-0.3, -0.25) is 9.78 Å². The Labute approximate surface area is 170 Å². The molecule has 3 heterocycles. The summed E-state index contributed by atoms with van der Waals surface area (Å²) < 4.78 is 10.8. The van der Waals surface area contributed by atoms with Gasteiger partial charge in [0, 0.05) is 17.8 Å². The Kier molecular flexibility index (Phi) is 5.66. The molecule has 0 amide bonds. The molecule has 0 fully saturated rings. The third kappa shape index (κ3) is 4.69. The zero-order chi connectivity index (χ0) is 20.1. The average molecular weight is 407 g/mol. The molecule has 0 aliphatic rings. The number of thioether (sulfide) groups is 1. The Morgan fingerprint density at radius 2 is 1.97 bits per heavy atom. The molecule has 4 aromatic rings. The predicted molar refractivity (Wildman–Crippen MR) is 109 cm³/mol. The fourth-order valence-electron chi connectivity index (χ4n) is 2.58. The van der Waals surface area contributed by atoms with Crippen LogP contribution in [0.3, 0.4) is 0 Å². The van der Waals surface area contributed by atoms with Crippen molar-refractivity contribution >= 4 is 11.8 Å². The molecule has 0 aliphatic heterocycles. The van der Waals surface area contributed by atoms with E-state index in [2.05, 4.69) is 25.1 Å². The van der Waals surface area contributed by atoms with Gasteiger partial charge < -0.3 is 14.2 Å². The summed E-state index contributed by atoms with van der Waals surface area (Å²) in [5.74, 6) is 2.09. The van der Waals surface area contributed by atoms with Crippen molar-refractivity contribution in [3.05, 3.63) is 71.0 Å². The molecule has 0 unspecified atom stereocenters. The summed E-state index contributed by atoms with van der Waals surface area (Å²) in [6, 6.07) is 14.4. The van der Waals surface area contributed by atoms with Crippen molar-refractivity contribution in [1.29, 1.82) is 0 Å². The van der Waals surface area contributed by atoms with Gasteiger partial charge in [0.1, 0.15) is 5.75 Å². The standard InChI is InChI=1S/C20H17N5O3S/c1-2-27-14-8-6-13(7-9-14)19-24-18(28-25-19)12-29-20-22-16(11-17(26)23-20)15-5-3-4-10-21-15/h3-11H,2,12H2,1H3,(H,22,23,26). The number of hydrogen-bond donors (Lipinski definition) is 1. The molecule has 4 rings (SSSR count). The monoisotopic (exact) mass is 407 g/mol. The summed E-state index contributed by atoms with van der Waals surface area (Å²) in [6.45, 7) is 2.55. The summed E-state index contributed by atoms with van der Waals surface area (Å²) in [5.41, 5.74) is 1.73. The van der Waals surface area contributed by atoms with Gasteiger partial charge >= 0.3 is 0 Å². The van der Waals surface area contributed by atoms with Crippen LogP contribution in [0.1, 0.15) is 12.8 Å². The van der Waals surface area contributed by atoms with Gasteiger partial charge in [-0.15, -0.1) is 0 Å². The Balaban J connectivity index is 1.46. The van der Waals surface area contributed by atoms with E-state index in [0.29, 0.717) is 40.6 Å². The van der Waals surface area contributed by atoms with Crippen LogP contribution in [-0.2, 0) is 5.75 Å². The molecule has 29 heavy (non-hydrogen) atoms. The maximum atomic E-state index is 12.0. The number of nitrogens with zero attached hydrogens (tertiary/aromatic N) is 4. The number of H-pyrrole nitrogens is 1. The normalized spacial score (nSPS) is 10.8. The lowest BCUT2D eigenvalue weighted by Gasteiger charge is -2.02. The van der Waals surface area contributed by atoms with Crippen LogP contribution >= 0.6 is 11.8 Å². The summed E-state index contributed by atoms with van der Waals surface area (Å²) in [5, 5.41) is 4.47. The van der Waals surface area contributed by atoms with Crippen molar-refractivity contribution in [3.8, 4) is 28.5 Å². The highest BCUT2D eigenvalue weighted by atomic mass is 32.2. The van der Waals surface area contributed by atoms with Crippen LogP contribution < -0.4 is 10.3 Å². The highest BCUT2D eigenvalue weighted by molar-refractivity contribution is 7.98. The molecule has 0 aliphatic carbocycles. The first kappa shape index (κ1) is 18.9. The van der Waals surface area contributed by atoms with Crippen LogP contribution in [0.5, 0.6) is 5.75 Å². The maximum absolute atomic E-state index is 12.0. The van der Waals surface area contributed by atoms with E-state index in [-0.39, 0.29) is 5.56 Å². The first-order chi connectivity index (χ1) is 14.2. The van der Waals surface area contributed by atoms with E-state index in [1.54, 1.807) is 12.3 Å². The molecular formula is C20H17N5O3S. The van der Waals surface area contributed by atoms with Gasteiger partial charge in [-0.1, -0.05) is 23.0 Å². The molecule has 1 aromatic carbocycles. The molecule has 0 bridgehead atoms. The smallest absolute Gasteiger partial charge is 0.252 e. The molecule has 146 valence electrons. The third-order valence-corrected chi connectivity index (χ3v) is 4.73. The Bertz CT molecular complexity index is 1140. The first-order valence-corrected chi connectivity index (χ1v) is 9.91. The van der Waals surface area contributed by atoms with Crippen molar-refractivity contribution in [2.24, 2.45) is 0 Å². The van der Waals surface area contributed by atoms with Crippen LogP contribution in [0.15, 0.2) is 69.2 Å². The second kappa shape index (κ2) is 8.70. The molecule has 1 N–H and O–H groups in total. The molecule has 0 spiro atoms. The Morgan fingerprint density at radius 1 is 1.10 bits per heavy atom. The number of aromatic nitrogens is 5. The predicted octanol–water partition coefficient (Wildman–Crippen LogP) is 3.57. The lowest BCUT2D eigenvalue weighted by Crippen LogP contribution is -2.08. The van der Waals surface area contributed by atoms with E-state index < -0.39 is 0 Å². The minimum atomic E-state index is -0.247. The van der Waals surface area contributed by atoms with Gasteiger partial charge in [0.05, 0.1) is 23.7 Å². The molecular weight excluding hydrogens is 390 g/mol. The van der Waals surface area contributed by atoms with E-state index >= 15 is 0 Å². The summed E-state index contributed by atoms with van der Waals surface area (Å²) >= 11 is 1.30. The van der Waals surface area contributed by atoms with Crippen LogP contribution in [0, 0.1) is 0 Å². The van der Waals surface area contributed by atoms with Gasteiger partial charge in [-0.25, -0.2) is 4.98 Å². The van der Waals surface area contributed by atoms with E-state index in [1.165, 1.54) is 17.8 Å². The van der Waals surface area contributed by atoms with Crippen LogP contribution in [0.25, 0.3) is 22.8 Å². The van der Waals surface area contributed by atoms with E-state index in [0.717, 1.165) is 11.3 Å². The van der Waals surface area contributed by atoms with E-state index in [1.807, 2.05) is 43.3 Å². The van der Waals surface area contributed by atoms with Gasteiger partial charge in [0.15, 0.2) is 5.16 Å². The summed E-state index contributed by atoms with van der Waals surface area (Å²) in [4.78, 5) is 27.8. The topological polar surface area (TPSA) is 107 Å². The average Bonchev–Trinajstić information content (AvgIpc) is 3.22. The van der Waals surface area contributed by atoms with Crippen molar-refractivity contribution < 1.29 is 9.26 Å². The summed E-state index contributed by atoms with van der Waals surface area (Å²) in [6.07, 6.45) is 1.66. The van der Waals surface area contributed by atoms with Gasteiger partial charge in [0.25, 0.3) is 5.56 Å². The number of hydrogen-bond acceptors (Lipinski definition) is 8. The van der Waals surface area contributed by atoms with E-state index in [9.17, 15) is 4.79 Å². The second-order valence-electron chi connectivity index (χ2n) is 5.91. The van der Waals surface area contributed by atoms with Crippen LogP contribution in [0.4, 0.5) is 0 Å². The first-order valence-electron chi connectivity index (χ1n) is 8.92. The fourth-order valence-corrected chi connectivity index (χ4v) is 3.29. The highest BCUT2D eigenvalue weighted by Gasteiger charge is 2.11. The Morgan fingerprint density at radius 3 is 2.72 bits per heavy atom. The van der Waals surface area contributed by atoms with Crippen molar-refractivity contribution in [1.82, 2.24) is 25.1 Å². The number of aromatic amines is 1. The van der Waals surface area contributed by atoms with Crippen molar-refractivity contribution in [2.45, 2.75) is 17.8 Å². The summed E-state index contributed by atoms with van der Waals surface area (Å²) in [7, 11) is 0. The molecule has 3 aromatic heterocycles. The van der Waals surface area contributed by atoms with Crippen LogP contribution in [-0.4, -0.2) is 31.7 Å². The fraction of sp³-hybridized carbons (Fsp3) is 0.150. The molecule has 0 saturated heterocycles. The van der Waals surface area contributed by atoms with Crippen molar-refractivity contribution in [2.75, 3.05) is 6.61 Å². The minimum absolute atomic E-state index is 0.247. The van der Waals surface area contributed by atoms with Crippen LogP contribution in [0.2, 0.25) is 0 Å². The maximum Gasteiger partial charge on any atom is 0.252 e. The highest BCUT2D eigenvalue weighted by Crippen LogP contribution is 2.23. The van der Waals surface area contributed by atoms with Gasteiger partial charge in [0.2, 0.25) is 11.7 Å². The SMILES string of the molecule is CCOc1ccc(-c2noc(CSc3nc(-c4ccccn4)cc(=O)[nH]3)n2)cc1. The van der Waals surface area contributed by atoms with E-state index in [4.69, 9.17) is 9.26 Å². The Hall–Kier alpha value is -3.46. The quantitative estimate of drug-likeness (QED) is 0.366. The zero-order valence-electron chi connectivity index (χ0n) is 15.5. The molecule has 9 heteroatoms. The number of nitrogens with one attached hydrogen (secondary N) is 1. The molecule has 0 radical (unpaired) electrons. The largest absolute Gasteiger partial charge is 0.494 e. The number of rotatable bonds is 7. The number of pyridine rings is 1. The van der Waals surface area contributed by atoms with Gasteiger partial charge in [-0.05, 0) is 43.3 Å². The minimum Gasteiger partial charge on any atom is -0.494 e. The lowest BCUT2D eigenvalue weighted by atomic mass is 10.2. The zero-order valence-corrected chi connectivity index (χ0v) is 16.3. The number of ether oxygens (including phenoxy) is 1. The molecule has 0 saturated carbocycles. The number of benzene rings is 1. The lowest BCUT2D eigenvalue weighted by molar-refractivity contribution is 0.340.